The summed E-state index contributed by atoms with van der Waals surface area (Å²) in [7, 11) is 1.63. The molecule has 3 rings (SSSR count). The van der Waals surface area contributed by atoms with E-state index >= 15 is 0 Å². The predicted octanol–water partition coefficient (Wildman–Crippen LogP) is 4.21. The lowest BCUT2D eigenvalue weighted by Crippen LogP contribution is -1.98. The lowest BCUT2D eigenvalue weighted by Gasteiger charge is -2.08. The smallest absolute Gasteiger partial charge is 0.208 e. The first-order valence-electron chi connectivity index (χ1n) is 6.78. The van der Waals surface area contributed by atoms with Crippen LogP contribution in [0.5, 0.6) is 5.75 Å². The fourth-order valence-electron chi connectivity index (χ4n) is 2.27. The van der Waals surface area contributed by atoms with Crippen molar-refractivity contribution in [3.8, 4) is 11.4 Å². The van der Waals surface area contributed by atoms with Gasteiger partial charge in [-0.05, 0) is 41.8 Å². The van der Waals surface area contributed by atoms with Crippen molar-refractivity contribution in [2.75, 3.05) is 7.11 Å². The molecule has 0 saturated carbocycles. The van der Waals surface area contributed by atoms with Crippen molar-refractivity contribution >= 4 is 22.6 Å². The highest BCUT2D eigenvalue weighted by Gasteiger charge is 2.12. The van der Waals surface area contributed by atoms with Gasteiger partial charge in [-0.25, -0.2) is 4.98 Å². The van der Waals surface area contributed by atoms with Gasteiger partial charge in [0.25, 0.3) is 0 Å². The summed E-state index contributed by atoms with van der Waals surface area (Å²) in [6.07, 6.45) is 1.83. The van der Waals surface area contributed by atoms with Crippen LogP contribution in [-0.2, 0) is 0 Å². The molecule has 0 amide bonds. The summed E-state index contributed by atoms with van der Waals surface area (Å²) in [5.74, 6) is 1.16. The molecule has 0 unspecified atom stereocenters. The predicted molar refractivity (Wildman–Crippen MR) is 84.5 cm³/mol. The molecular formula is C16H16ClN3O. The summed E-state index contributed by atoms with van der Waals surface area (Å²) in [5.41, 5.74) is 3.69. The Balaban J connectivity index is 2.13. The lowest BCUT2D eigenvalue weighted by atomic mass is 10.1. The Kier molecular flexibility index (Phi) is 3.55. The Morgan fingerprint density at radius 1 is 1.19 bits per heavy atom. The maximum Gasteiger partial charge on any atom is 0.208 e. The molecule has 4 nitrogen and oxygen atoms in total. The number of pyridine rings is 1. The van der Waals surface area contributed by atoms with E-state index in [0.29, 0.717) is 11.2 Å². The van der Waals surface area contributed by atoms with E-state index in [1.165, 1.54) is 0 Å². The SMILES string of the molecule is COc1ccc2c(c1)nc(Cl)n2-c1ccc(C(C)C)nc1. The normalized spacial score (nSPS) is 11.3. The highest BCUT2D eigenvalue weighted by Crippen LogP contribution is 2.27. The number of halogens is 1. The van der Waals surface area contributed by atoms with Crippen LogP contribution in [0.3, 0.4) is 0 Å². The van der Waals surface area contributed by atoms with Crippen molar-refractivity contribution in [3.05, 3.63) is 47.5 Å². The van der Waals surface area contributed by atoms with Crippen molar-refractivity contribution < 1.29 is 4.74 Å². The molecule has 108 valence electrons. The fraction of sp³-hybridized carbons (Fsp3) is 0.250. The van der Waals surface area contributed by atoms with Gasteiger partial charge in [0.05, 0.1) is 30.0 Å². The number of rotatable bonds is 3. The topological polar surface area (TPSA) is 39.9 Å². The summed E-state index contributed by atoms with van der Waals surface area (Å²) in [5, 5.41) is 0.414. The first kappa shape index (κ1) is 13.9. The molecule has 21 heavy (non-hydrogen) atoms. The number of imidazole rings is 1. The minimum atomic E-state index is 0.401. The van der Waals surface area contributed by atoms with Crippen molar-refractivity contribution in [1.29, 1.82) is 0 Å². The number of hydrogen-bond donors (Lipinski definition) is 0. The summed E-state index contributed by atoms with van der Waals surface area (Å²) >= 11 is 6.28. The third kappa shape index (κ3) is 2.47. The van der Waals surface area contributed by atoms with E-state index in [1.54, 1.807) is 7.11 Å². The molecule has 0 bridgehead atoms. The minimum absolute atomic E-state index is 0.401. The van der Waals surface area contributed by atoms with Crippen molar-refractivity contribution in [3.63, 3.8) is 0 Å². The number of ether oxygens (including phenoxy) is 1. The molecule has 0 aliphatic heterocycles. The van der Waals surface area contributed by atoms with E-state index in [2.05, 4.69) is 23.8 Å². The van der Waals surface area contributed by atoms with E-state index in [-0.39, 0.29) is 0 Å². The van der Waals surface area contributed by atoms with E-state index in [0.717, 1.165) is 28.2 Å². The number of aromatic nitrogens is 3. The Labute approximate surface area is 128 Å². The minimum Gasteiger partial charge on any atom is -0.497 e. The van der Waals surface area contributed by atoms with E-state index < -0.39 is 0 Å². The second-order valence-electron chi connectivity index (χ2n) is 5.17. The zero-order valence-electron chi connectivity index (χ0n) is 12.2. The first-order valence-corrected chi connectivity index (χ1v) is 7.16. The van der Waals surface area contributed by atoms with Crippen molar-refractivity contribution in [2.45, 2.75) is 19.8 Å². The lowest BCUT2D eigenvalue weighted by molar-refractivity contribution is 0.415. The number of fused-ring (bicyclic) bond motifs is 1. The first-order chi connectivity index (χ1) is 10.1. The molecule has 2 heterocycles. The number of methoxy groups -OCH3 is 1. The number of benzene rings is 1. The van der Waals surface area contributed by atoms with E-state index in [4.69, 9.17) is 16.3 Å². The average Bonchev–Trinajstić information content (AvgIpc) is 2.82. The van der Waals surface area contributed by atoms with Gasteiger partial charge < -0.3 is 4.74 Å². The van der Waals surface area contributed by atoms with Gasteiger partial charge in [-0.1, -0.05) is 13.8 Å². The van der Waals surface area contributed by atoms with Crippen LogP contribution in [0.4, 0.5) is 0 Å². The van der Waals surface area contributed by atoms with Gasteiger partial charge in [-0.2, -0.15) is 0 Å². The molecule has 5 heteroatoms. The monoisotopic (exact) mass is 301 g/mol. The van der Waals surface area contributed by atoms with Gasteiger partial charge in [0.2, 0.25) is 5.28 Å². The molecule has 0 atom stereocenters. The summed E-state index contributed by atoms with van der Waals surface area (Å²) in [6.45, 7) is 4.24. The maximum atomic E-state index is 6.28. The molecule has 0 N–H and O–H groups in total. The number of nitrogens with zero attached hydrogens (tertiary/aromatic N) is 3. The van der Waals surface area contributed by atoms with Gasteiger partial charge in [-0.15, -0.1) is 0 Å². The van der Waals surface area contributed by atoms with Gasteiger partial charge in [0, 0.05) is 11.8 Å². The second kappa shape index (κ2) is 5.37. The summed E-state index contributed by atoms with van der Waals surface area (Å²) < 4.78 is 7.10. The van der Waals surface area contributed by atoms with Crippen molar-refractivity contribution in [1.82, 2.24) is 14.5 Å². The number of hydrogen-bond acceptors (Lipinski definition) is 3. The molecule has 1 aromatic carbocycles. The van der Waals surface area contributed by atoms with Crippen LogP contribution < -0.4 is 4.74 Å². The summed E-state index contributed by atoms with van der Waals surface area (Å²) in [4.78, 5) is 8.86. The molecule has 0 fully saturated rings. The quantitative estimate of drug-likeness (QED) is 0.727. The molecule has 0 saturated heterocycles. The molecule has 0 aliphatic carbocycles. The highest BCUT2D eigenvalue weighted by atomic mass is 35.5. The Morgan fingerprint density at radius 3 is 2.62 bits per heavy atom. The molecular weight excluding hydrogens is 286 g/mol. The summed E-state index contributed by atoms with van der Waals surface area (Å²) in [6, 6.07) is 9.75. The Hall–Kier alpha value is -2.07. The highest BCUT2D eigenvalue weighted by molar-refractivity contribution is 6.29. The molecule has 0 radical (unpaired) electrons. The average molecular weight is 302 g/mol. The largest absolute Gasteiger partial charge is 0.497 e. The van der Waals surface area contributed by atoms with Crippen molar-refractivity contribution in [2.24, 2.45) is 0 Å². The van der Waals surface area contributed by atoms with Crippen LogP contribution in [0.25, 0.3) is 16.7 Å². The van der Waals surface area contributed by atoms with Gasteiger partial charge in [0.15, 0.2) is 0 Å². The standard InChI is InChI=1S/C16H16ClN3O/c1-10(2)13-6-4-11(9-18-13)20-15-7-5-12(21-3)8-14(15)19-16(20)17/h4-10H,1-3H3. The van der Waals surface area contributed by atoms with Gasteiger partial charge in [-0.3, -0.25) is 9.55 Å². The molecule has 2 aromatic heterocycles. The Morgan fingerprint density at radius 2 is 2.00 bits per heavy atom. The van der Waals surface area contributed by atoms with Gasteiger partial charge >= 0.3 is 0 Å². The van der Waals surface area contributed by atoms with Crippen LogP contribution >= 0.6 is 11.6 Å². The molecule has 0 spiro atoms. The third-order valence-corrected chi connectivity index (χ3v) is 3.69. The van der Waals surface area contributed by atoms with Gasteiger partial charge in [0.1, 0.15) is 5.75 Å². The second-order valence-corrected chi connectivity index (χ2v) is 5.50. The third-order valence-electron chi connectivity index (χ3n) is 3.44. The van der Waals surface area contributed by atoms with Crippen LogP contribution in [0.1, 0.15) is 25.5 Å². The zero-order valence-corrected chi connectivity index (χ0v) is 12.9. The van der Waals surface area contributed by atoms with Crippen LogP contribution in [-0.4, -0.2) is 21.6 Å². The van der Waals surface area contributed by atoms with Crippen LogP contribution in [0, 0.1) is 0 Å². The zero-order chi connectivity index (χ0) is 15.0. The van der Waals surface area contributed by atoms with Crippen LogP contribution in [0.2, 0.25) is 5.28 Å². The van der Waals surface area contributed by atoms with E-state index in [1.807, 2.05) is 41.1 Å². The molecule has 0 aliphatic rings. The maximum absolute atomic E-state index is 6.28. The molecule has 3 aromatic rings. The Bertz CT molecular complexity index is 778. The van der Waals surface area contributed by atoms with Crippen LogP contribution in [0.15, 0.2) is 36.5 Å². The van der Waals surface area contributed by atoms with E-state index in [9.17, 15) is 0 Å². The fourth-order valence-corrected chi connectivity index (χ4v) is 2.55.